The molecule has 0 bridgehead atoms. The van der Waals surface area contributed by atoms with Crippen molar-refractivity contribution >= 4 is 11.4 Å². The number of ether oxygens (including phenoxy) is 2. The Labute approximate surface area is 257 Å². The number of nitrogens with zero attached hydrogens (tertiary/aromatic N) is 2. The van der Waals surface area contributed by atoms with Gasteiger partial charge in [-0.1, -0.05) is 50.6 Å². The van der Waals surface area contributed by atoms with Gasteiger partial charge in [0.05, 0.1) is 22.8 Å². The highest BCUT2D eigenvalue weighted by molar-refractivity contribution is 5.85. The van der Waals surface area contributed by atoms with Gasteiger partial charge in [-0.2, -0.15) is 0 Å². The number of benzene rings is 1. The molecular formula is C36H50N2O5. The molecule has 43 heavy (non-hydrogen) atoms. The molecule has 0 spiro atoms. The van der Waals surface area contributed by atoms with Crippen molar-refractivity contribution in [3.63, 3.8) is 0 Å². The maximum absolute atomic E-state index is 10.9. The second-order valence-corrected chi connectivity index (χ2v) is 14.6. The first kappa shape index (κ1) is 30.5. The predicted molar refractivity (Wildman–Crippen MR) is 168 cm³/mol. The number of nitro groups is 1. The van der Waals surface area contributed by atoms with E-state index in [1.165, 1.54) is 50.7 Å². The van der Waals surface area contributed by atoms with Gasteiger partial charge >= 0.3 is 0 Å². The van der Waals surface area contributed by atoms with Gasteiger partial charge in [0.1, 0.15) is 6.61 Å². The molecule has 4 aliphatic carbocycles. The monoisotopic (exact) mass is 590 g/mol. The number of hydrogen-bond acceptors (Lipinski definition) is 6. The van der Waals surface area contributed by atoms with Crippen molar-refractivity contribution in [2.24, 2.45) is 45.6 Å². The third-order valence-corrected chi connectivity index (χ3v) is 12.3. The van der Waals surface area contributed by atoms with Crippen LogP contribution in [0.15, 0.2) is 53.2 Å². The average Bonchev–Trinajstić information content (AvgIpc) is 3.36. The molecule has 0 radical (unpaired) electrons. The van der Waals surface area contributed by atoms with Crippen molar-refractivity contribution in [2.75, 3.05) is 0 Å². The second-order valence-electron chi connectivity index (χ2n) is 14.6. The molecule has 1 aliphatic heterocycles. The largest absolute Gasteiger partial charge is 0.391 e. The van der Waals surface area contributed by atoms with Gasteiger partial charge in [0.15, 0.2) is 6.29 Å². The number of oxime groups is 1. The Kier molecular flexibility index (Phi) is 8.60. The Balaban J connectivity index is 1.09. The normalized spacial score (nSPS) is 40.7. The Morgan fingerprint density at radius 2 is 1.88 bits per heavy atom. The summed E-state index contributed by atoms with van der Waals surface area (Å²) in [4.78, 5) is 16.3. The molecule has 1 aromatic rings. The van der Waals surface area contributed by atoms with Crippen molar-refractivity contribution < 1.29 is 19.2 Å². The van der Waals surface area contributed by atoms with E-state index in [2.05, 4.69) is 58.0 Å². The van der Waals surface area contributed by atoms with Crippen molar-refractivity contribution in [3.05, 3.63) is 63.7 Å². The van der Waals surface area contributed by atoms with Crippen LogP contribution in [0.2, 0.25) is 0 Å². The van der Waals surface area contributed by atoms with E-state index in [-0.39, 0.29) is 39.9 Å². The van der Waals surface area contributed by atoms with E-state index in [1.54, 1.807) is 17.7 Å². The molecule has 1 heterocycles. The van der Waals surface area contributed by atoms with Crippen molar-refractivity contribution in [2.45, 2.75) is 118 Å². The van der Waals surface area contributed by atoms with E-state index in [4.69, 9.17) is 14.3 Å². The van der Waals surface area contributed by atoms with Crippen LogP contribution in [0, 0.1) is 50.5 Å². The van der Waals surface area contributed by atoms with Crippen LogP contribution in [-0.2, 0) is 20.9 Å². The molecule has 6 rings (SSSR count). The Bertz CT molecular complexity index is 1270. The van der Waals surface area contributed by atoms with Crippen LogP contribution >= 0.6 is 0 Å². The number of fused-ring (bicyclic) bond motifs is 5. The summed E-state index contributed by atoms with van der Waals surface area (Å²) >= 11 is 0. The van der Waals surface area contributed by atoms with Crippen LogP contribution < -0.4 is 0 Å². The summed E-state index contributed by atoms with van der Waals surface area (Å²) in [5.74, 6) is 3.09. The third kappa shape index (κ3) is 5.72. The molecule has 7 heteroatoms. The number of nitro benzene ring substituents is 1. The molecule has 1 aromatic carbocycles. The van der Waals surface area contributed by atoms with Gasteiger partial charge in [-0.05, 0) is 117 Å². The highest BCUT2D eigenvalue weighted by Crippen LogP contribution is 2.66. The summed E-state index contributed by atoms with van der Waals surface area (Å²) in [6, 6.07) is 6.52. The Morgan fingerprint density at radius 1 is 1.09 bits per heavy atom. The summed E-state index contributed by atoms with van der Waals surface area (Å²) in [6.07, 6.45) is 17.8. The molecule has 0 amide bonds. The lowest BCUT2D eigenvalue weighted by Crippen LogP contribution is -2.51. The Hall–Kier alpha value is -2.51. The smallest absolute Gasteiger partial charge is 0.269 e. The van der Waals surface area contributed by atoms with E-state index in [0.29, 0.717) is 24.4 Å². The summed E-state index contributed by atoms with van der Waals surface area (Å²) < 4.78 is 12.8. The van der Waals surface area contributed by atoms with Crippen LogP contribution in [0.3, 0.4) is 0 Å². The second kappa shape index (κ2) is 12.1. The van der Waals surface area contributed by atoms with Crippen molar-refractivity contribution in [3.8, 4) is 0 Å². The first-order valence-electron chi connectivity index (χ1n) is 16.7. The average molecular weight is 591 g/mol. The SMILES string of the molecule is CC[C@H]1OC(OC2CC[C@@]3(C)C(=CCC4C3CC[C@@]3(C)C4CC[C@@H]3/C(C)=N/OCc3ccc([N+](=O)[O-])cc3)C2)C=C[C@@H]1C. The van der Waals surface area contributed by atoms with Crippen LogP contribution in [0.25, 0.3) is 0 Å². The summed E-state index contributed by atoms with van der Waals surface area (Å²) in [5.41, 5.74) is 4.25. The molecule has 3 saturated carbocycles. The highest BCUT2D eigenvalue weighted by atomic mass is 16.7. The van der Waals surface area contributed by atoms with Gasteiger partial charge in [-0.15, -0.1) is 0 Å². The van der Waals surface area contributed by atoms with Gasteiger partial charge in [-0.3, -0.25) is 10.1 Å². The molecule has 10 atom stereocenters. The van der Waals surface area contributed by atoms with E-state index >= 15 is 0 Å². The molecule has 3 fully saturated rings. The van der Waals surface area contributed by atoms with E-state index in [1.807, 2.05) is 0 Å². The first-order valence-corrected chi connectivity index (χ1v) is 16.7. The molecule has 0 N–H and O–H groups in total. The highest BCUT2D eigenvalue weighted by Gasteiger charge is 2.59. The number of hydrogen-bond donors (Lipinski definition) is 0. The lowest BCUT2D eigenvalue weighted by molar-refractivity contribution is -0.384. The zero-order chi connectivity index (χ0) is 30.4. The summed E-state index contributed by atoms with van der Waals surface area (Å²) in [7, 11) is 0. The quantitative estimate of drug-likeness (QED) is 0.131. The predicted octanol–water partition coefficient (Wildman–Crippen LogP) is 8.78. The minimum absolute atomic E-state index is 0.0927. The van der Waals surface area contributed by atoms with E-state index < -0.39 is 0 Å². The lowest BCUT2D eigenvalue weighted by atomic mass is 9.47. The van der Waals surface area contributed by atoms with Crippen molar-refractivity contribution in [1.82, 2.24) is 0 Å². The van der Waals surface area contributed by atoms with Gasteiger partial charge in [-0.25, -0.2) is 0 Å². The molecule has 5 aliphatic rings. The van der Waals surface area contributed by atoms with Gasteiger partial charge in [0.2, 0.25) is 0 Å². The van der Waals surface area contributed by atoms with Gasteiger partial charge in [0.25, 0.3) is 5.69 Å². The molecular weight excluding hydrogens is 540 g/mol. The van der Waals surface area contributed by atoms with E-state index in [9.17, 15) is 10.1 Å². The first-order chi connectivity index (χ1) is 20.6. The Morgan fingerprint density at radius 3 is 2.63 bits per heavy atom. The van der Waals surface area contributed by atoms with Crippen LogP contribution in [0.5, 0.6) is 0 Å². The zero-order valence-electron chi connectivity index (χ0n) is 26.7. The third-order valence-electron chi connectivity index (χ3n) is 12.3. The minimum atomic E-state index is -0.380. The van der Waals surface area contributed by atoms with Crippen LogP contribution in [0.4, 0.5) is 5.69 Å². The molecule has 5 unspecified atom stereocenters. The number of non-ortho nitro benzene ring substituents is 1. The van der Waals surface area contributed by atoms with Gasteiger partial charge in [0, 0.05) is 24.0 Å². The van der Waals surface area contributed by atoms with E-state index in [0.717, 1.165) is 42.4 Å². The number of rotatable bonds is 8. The maximum atomic E-state index is 10.9. The lowest BCUT2D eigenvalue weighted by Gasteiger charge is -2.58. The van der Waals surface area contributed by atoms with Gasteiger partial charge < -0.3 is 14.3 Å². The fourth-order valence-electron chi connectivity index (χ4n) is 9.88. The topological polar surface area (TPSA) is 83.2 Å². The maximum Gasteiger partial charge on any atom is 0.269 e. The molecule has 234 valence electrons. The van der Waals surface area contributed by atoms with Crippen LogP contribution in [-0.4, -0.2) is 29.1 Å². The standard InChI is InChI=1S/C36H50N2O5/c1-6-33-23(2)7-16-34(43-33)42-28-17-19-35(4)26(21-28)10-13-29-31-15-14-30(36(31,5)20-18-32(29)35)24(3)37-41-22-25-8-11-27(12-9-25)38(39)40/h7-12,16,23,28-34H,6,13-15,17-22H2,1-5H3/b37-24+/t23-,28?,29?,30+,31?,32?,33+,34?,35-,36+/m0/s1. The molecule has 0 saturated heterocycles. The fraction of sp³-hybridized carbons (Fsp3) is 0.694. The number of allylic oxidation sites excluding steroid dienone is 1. The van der Waals surface area contributed by atoms with Crippen molar-refractivity contribution in [1.29, 1.82) is 0 Å². The minimum Gasteiger partial charge on any atom is -0.391 e. The zero-order valence-corrected chi connectivity index (χ0v) is 26.7. The molecule has 0 aromatic heterocycles. The van der Waals surface area contributed by atoms with Crippen LogP contribution in [0.1, 0.15) is 98.0 Å². The fourth-order valence-corrected chi connectivity index (χ4v) is 9.88. The summed E-state index contributed by atoms with van der Waals surface area (Å²) in [5, 5.41) is 15.5. The molecule has 7 nitrogen and oxygen atoms in total. The summed E-state index contributed by atoms with van der Waals surface area (Å²) in [6.45, 7) is 12.0.